The Balaban J connectivity index is 0.000000173. The number of fused-ring (bicyclic) bond motifs is 2. The third kappa shape index (κ3) is 11.7. The molecule has 15 heteroatoms. The molecule has 0 bridgehead atoms. The van der Waals surface area contributed by atoms with Crippen LogP contribution in [0.3, 0.4) is 0 Å². The van der Waals surface area contributed by atoms with Gasteiger partial charge in [-0.3, -0.25) is 14.8 Å². The Bertz CT molecular complexity index is 2580. The van der Waals surface area contributed by atoms with Gasteiger partial charge in [0.1, 0.15) is 45.8 Å². The molecule has 4 aromatic carbocycles. The second-order valence-corrected chi connectivity index (χ2v) is 13.4. The molecular weight excluding hydrogens is 816 g/mol. The molecular formula is C42H30Cl4F2N6O3. The van der Waals surface area contributed by atoms with Crippen LogP contribution in [0.2, 0.25) is 20.1 Å². The Morgan fingerprint density at radius 3 is 1.84 bits per heavy atom. The second-order valence-electron chi connectivity index (χ2n) is 11.7. The van der Waals surface area contributed by atoms with E-state index in [0.29, 0.717) is 65.7 Å². The minimum absolute atomic E-state index is 0.0220. The summed E-state index contributed by atoms with van der Waals surface area (Å²) in [5.74, 6) is 0.214. The molecule has 0 aliphatic carbocycles. The Labute approximate surface area is 345 Å². The van der Waals surface area contributed by atoms with Crippen molar-refractivity contribution in [1.29, 1.82) is 0 Å². The van der Waals surface area contributed by atoms with E-state index in [1.807, 2.05) is 30.3 Å². The summed E-state index contributed by atoms with van der Waals surface area (Å²) in [6, 6.07) is 31.2. The standard InChI is InChI=1S/C21H14Cl2FN3O.C9H7NO.C7H4Cl2O.C5H5FN2/c22-13-4-7-17(23)16(10-13)20(27-18-8-5-14(24)11-26-18)15-6-3-12-2-1-9-25-19(12)21(15)28;11-8-5-1-3-7-4-2-6-10-9(7)8;8-6-1-2-7(9)5(3-6)4-10;6-4-1-2-5(7)8-3-4/h1-11,20,28H,(H,26,27);1-6,11H;1-4H;1-3H,(H2,7,8). The van der Waals surface area contributed by atoms with Gasteiger partial charge in [-0.2, -0.15) is 0 Å². The van der Waals surface area contributed by atoms with Crippen LogP contribution in [-0.4, -0.2) is 36.4 Å². The molecule has 1 unspecified atom stereocenters. The highest BCUT2D eigenvalue weighted by atomic mass is 35.5. The summed E-state index contributed by atoms with van der Waals surface area (Å²) in [7, 11) is 0. The fourth-order valence-electron chi connectivity index (χ4n) is 5.13. The Kier molecular flexibility index (Phi) is 14.9. The molecule has 0 fully saturated rings. The van der Waals surface area contributed by atoms with Crippen molar-refractivity contribution in [2.45, 2.75) is 6.04 Å². The van der Waals surface area contributed by atoms with Gasteiger partial charge in [0.15, 0.2) is 6.29 Å². The molecule has 0 radical (unpaired) electrons. The lowest BCUT2D eigenvalue weighted by atomic mass is 9.96. The molecule has 57 heavy (non-hydrogen) atoms. The molecule has 8 aromatic rings. The SMILES string of the molecule is Nc1ccc(F)cn1.O=Cc1cc(Cl)ccc1Cl.Oc1c(C(Nc2ccc(F)cn2)c2cc(Cl)ccc2Cl)ccc2cccnc12.Oc1cccc2cccnc12. The monoisotopic (exact) mass is 844 g/mol. The molecule has 288 valence electrons. The number of aldehydes is 1. The van der Waals surface area contributed by atoms with E-state index in [9.17, 15) is 23.8 Å². The lowest BCUT2D eigenvalue weighted by molar-refractivity contribution is 0.112. The average molecular weight is 847 g/mol. The number of nitrogens with two attached hydrogens (primary N) is 1. The van der Waals surface area contributed by atoms with Crippen LogP contribution >= 0.6 is 46.4 Å². The number of phenols is 2. The quantitative estimate of drug-likeness (QED) is 0.124. The second kappa shape index (κ2) is 20.2. The fourth-order valence-corrected chi connectivity index (χ4v) is 5.88. The highest BCUT2D eigenvalue weighted by Gasteiger charge is 2.23. The third-order valence-corrected chi connectivity index (χ3v) is 8.98. The zero-order chi connectivity index (χ0) is 40.9. The summed E-state index contributed by atoms with van der Waals surface area (Å²) in [4.78, 5) is 26.1. The summed E-state index contributed by atoms with van der Waals surface area (Å²) in [5, 5.41) is 27.1. The van der Waals surface area contributed by atoms with E-state index in [1.165, 1.54) is 30.3 Å². The maximum atomic E-state index is 13.2. The maximum absolute atomic E-state index is 13.2. The van der Waals surface area contributed by atoms with Crippen LogP contribution in [0.1, 0.15) is 27.5 Å². The van der Waals surface area contributed by atoms with Gasteiger partial charge in [-0.15, -0.1) is 0 Å². The maximum Gasteiger partial charge on any atom is 0.151 e. The summed E-state index contributed by atoms with van der Waals surface area (Å²) < 4.78 is 25.2. The predicted octanol–water partition coefficient (Wildman–Crippen LogP) is 11.5. The number of nitrogens with zero attached hydrogens (tertiary/aromatic N) is 4. The highest BCUT2D eigenvalue weighted by molar-refractivity contribution is 6.35. The first-order valence-corrected chi connectivity index (χ1v) is 18.1. The van der Waals surface area contributed by atoms with Crippen molar-refractivity contribution in [3.63, 3.8) is 0 Å². The number of anilines is 2. The van der Waals surface area contributed by atoms with Gasteiger partial charge in [0, 0.05) is 49.4 Å². The molecule has 4 heterocycles. The first-order valence-electron chi connectivity index (χ1n) is 16.6. The number of hydrogen-bond acceptors (Lipinski definition) is 9. The number of aromatic hydroxyl groups is 2. The summed E-state index contributed by atoms with van der Waals surface area (Å²) in [6.07, 6.45) is 6.15. The zero-order valence-electron chi connectivity index (χ0n) is 29.4. The van der Waals surface area contributed by atoms with E-state index in [-0.39, 0.29) is 17.3 Å². The number of benzene rings is 4. The van der Waals surface area contributed by atoms with Gasteiger partial charge in [-0.05, 0) is 84.4 Å². The van der Waals surface area contributed by atoms with Crippen molar-refractivity contribution >= 4 is 86.1 Å². The Morgan fingerprint density at radius 1 is 0.632 bits per heavy atom. The Morgan fingerprint density at radius 2 is 1.25 bits per heavy atom. The Hall–Kier alpha value is -6.11. The van der Waals surface area contributed by atoms with Gasteiger partial charge in [0.25, 0.3) is 0 Å². The highest BCUT2D eigenvalue weighted by Crippen LogP contribution is 2.39. The normalized spacial score (nSPS) is 10.8. The molecule has 0 saturated carbocycles. The number of aromatic nitrogens is 4. The number of phenolic OH excluding ortho intramolecular Hbond substituents is 2. The van der Waals surface area contributed by atoms with Crippen LogP contribution in [0.15, 0.2) is 140 Å². The molecule has 0 saturated heterocycles. The lowest BCUT2D eigenvalue weighted by Crippen LogP contribution is -2.14. The van der Waals surface area contributed by atoms with Crippen molar-refractivity contribution in [2.75, 3.05) is 11.1 Å². The summed E-state index contributed by atoms with van der Waals surface area (Å²) in [5.41, 5.74) is 7.89. The minimum atomic E-state index is -0.587. The number of pyridine rings is 4. The van der Waals surface area contributed by atoms with Crippen LogP contribution in [0, 0.1) is 11.6 Å². The van der Waals surface area contributed by atoms with E-state index in [2.05, 4.69) is 25.3 Å². The molecule has 8 rings (SSSR count). The fraction of sp³-hybridized carbons (Fsp3) is 0.0238. The lowest BCUT2D eigenvalue weighted by Gasteiger charge is -2.23. The van der Waals surface area contributed by atoms with Crippen LogP contribution in [0.5, 0.6) is 11.5 Å². The van der Waals surface area contributed by atoms with Crippen LogP contribution in [0.25, 0.3) is 21.8 Å². The topological polar surface area (TPSA) is 147 Å². The van der Waals surface area contributed by atoms with Crippen molar-refractivity contribution in [2.24, 2.45) is 0 Å². The predicted molar refractivity (Wildman–Crippen MR) is 223 cm³/mol. The molecule has 0 amide bonds. The van der Waals surface area contributed by atoms with E-state index in [4.69, 9.17) is 52.1 Å². The molecule has 0 aliphatic heterocycles. The first kappa shape index (κ1) is 42.0. The van der Waals surface area contributed by atoms with Crippen molar-refractivity contribution in [3.8, 4) is 11.5 Å². The molecule has 9 nitrogen and oxygen atoms in total. The molecule has 5 N–H and O–H groups in total. The van der Waals surface area contributed by atoms with Gasteiger partial charge < -0.3 is 21.3 Å². The number of para-hydroxylation sites is 1. The van der Waals surface area contributed by atoms with Crippen LogP contribution in [-0.2, 0) is 0 Å². The van der Waals surface area contributed by atoms with Gasteiger partial charge in [-0.1, -0.05) is 82.8 Å². The van der Waals surface area contributed by atoms with E-state index >= 15 is 0 Å². The molecule has 1 atom stereocenters. The first-order chi connectivity index (χ1) is 27.4. The van der Waals surface area contributed by atoms with E-state index < -0.39 is 11.9 Å². The average Bonchev–Trinajstić information content (AvgIpc) is 3.22. The summed E-state index contributed by atoms with van der Waals surface area (Å²) in [6.45, 7) is 0. The van der Waals surface area contributed by atoms with Gasteiger partial charge in [0.05, 0.1) is 23.5 Å². The van der Waals surface area contributed by atoms with Gasteiger partial charge >= 0.3 is 0 Å². The number of hydrogen-bond donors (Lipinski definition) is 4. The number of carbonyl (C=O) groups excluding carboxylic acids is 1. The number of carbonyl (C=O) groups is 1. The van der Waals surface area contributed by atoms with E-state index in [0.717, 1.165) is 23.2 Å². The van der Waals surface area contributed by atoms with E-state index in [1.54, 1.807) is 67.0 Å². The number of nitrogen functional groups attached to an aromatic ring is 1. The van der Waals surface area contributed by atoms with Crippen molar-refractivity contribution in [3.05, 3.63) is 188 Å². The van der Waals surface area contributed by atoms with Gasteiger partial charge in [0.2, 0.25) is 0 Å². The van der Waals surface area contributed by atoms with Crippen molar-refractivity contribution in [1.82, 2.24) is 19.9 Å². The van der Waals surface area contributed by atoms with Crippen molar-refractivity contribution < 1.29 is 23.8 Å². The van der Waals surface area contributed by atoms with Gasteiger partial charge in [-0.25, -0.2) is 18.7 Å². The summed E-state index contributed by atoms with van der Waals surface area (Å²) >= 11 is 23.8. The smallest absolute Gasteiger partial charge is 0.151 e. The largest absolute Gasteiger partial charge is 0.506 e. The molecule has 0 spiro atoms. The number of halogens is 6. The number of nitrogens with one attached hydrogen (secondary N) is 1. The minimum Gasteiger partial charge on any atom is -0.506 e. The number of rotatable bonds is 5. The van der Waals surface area contributed by atoms with Crippen LogP contribution < -0.4 is 11.1 Å². The van der Waals surface area contributed by atoms with Crippen LogP contribution in [0.4, 0.5) is 20.4 Å². The third-order valence-electron chi connectivity index (χ3n) is 7.83. The molecule has 4 aromatic heterocycles. The zero-order valence-corrected chi connectivity index (χ0v) is 32.4. The molecule has 0 aliphatic rings.